The summed E-state index contributed by atoms with van der Waals surface area (Å²) in [5, 5.41) is 14.1. The summed E-state index contributed by atoms with van der Waals surface area (Å²) in [6.07, 6.45) is 0. The third kappa shape index (κ3) is 6.01. The van der Waals surface area contributed by atoms with Crippen LogP contribution in [0.15, 0.2) is 36.4 Å². The minimum Gasteiger partial charge on any atom is -0.493 e. The molecule has 2 aromatic rings. The minimum atomic E-state index is -3.27. The number of carbonyl (C=O) groups is 2. The Bertz CT molecular complexity index is 956. The predicted octanol–water partition coefficient (Wildman–Crippen LogP) is 3.33. The normalized spacial score (nSPS) is 10.4. The number of carbonyl (C=O) groups excluding carboxylic acids is 2. The first-order valence-corrected chi connectivity index (χ1v) is 8.59. The van der Waals surface area contributed by atoms with Crippen LogP contribution in [0.1, 0.15) is 15.9 Å². The van der Waals surface area contributed by atoms with Gasteiger partial charge in [0.05, 0.1) is 18.1 Å². The Morgan fingerprint density at radius 3 is 2.53 bits per heavy atom. The molecule has 0 saturated heterocycles. The first-order chi connectivity index (χ1) is 14.2. The Morgan fingerprint density at radius 1 is 1.23 bits per heavy atom. The molecule has 0 bridgehead atoms. The molecule has 0 unspecified atom stereocenters. The Balaban J connectivity index is 2.09. The molecule has 1 amide bonds. The molecule has 0 aliphatic rings. The zero-order chi connectivity index (χ0) is 22.3. The average molecular weight is 445 g/mol. The van der Waals surface area contributed by atoms with Gasteiger partial charge in [-0.3, -0.25) is 14.9 Å². The summed E-state index contributed by atoms with van der Waals surface area (Å²) >= 11 is 5.97. The molecule has 0 heterocycles. The fraction of sp³-hybridized carbons (Fsp3) is 0.222. The molecule has 2 aromatic carbocycles. The second kappa shape index (κ2) is 10.3. The van der Waals surface area contributed by atoms with Crippen molar-refractivity contribution in [3.63, 3.8) is 0 Å². The zero-order valence-electron chi connectivity index (χ0n) is 15.4. The third-order valence-electron chi connectivity index (χ3n) is 3.68. The second-order valence-electron chi connectivity index (χ2n) is 5.60. The summed E-state index contributed by atoms with van der Waals surface area (Å²) in [6, 6.07) is 8.19. The van der Waals surface area contributed by atoms with Gasteiger partial charge in [0.25, 0.3) is 11.6 Å². The van der Waals surface area contributed by atoms with Crippen molar-refractivity contribution in [2.24, 2.45) is 0 Å². The van der Waals surface area contributed by atoms with Gasteiger partial charge in [-0.05, 0) is 11.6 Å². The van der Waals surface area contributed by atoms with E-state index in [4.69, 9.17) is 21.1 Å². The number of methoxy groups -OCH3 is 1. The fourth-order valence-corrected chi connectivity index (χ4v) is 2.51. The van der Waals surface area contributed by atoms with Gasteiger partial charge in [-0.2, -0.15) is 8.78 Å². The van der Waals surface area contributed by atoms with Crippen molar-refractivity contribution >= 4 is 29.2 Å². The molecule has 0 radical (unpaired) electrons. The minimum absolute atomic E-state index is 0.0731. The van der Waals surface area contributed by atoms with Crippen LogP contribution in [0.25, 0.3) is 0 Å². The molecule has 9 nitrogen and oxygen atoms in total. The lowest BCUT2D eigenvalue weighted by molar-refractivity contribution is -0.385. The van der Waals surface area contributed by atoms with Gasteiger partial charge in [0, 0.05) is 17.6 Å². The van der Waals surface area contributed by atoms with Gasteiger partial charge < -0.3 is 19.5 Å². The van der Waals surface area contributed by atoms with E-state index >= 15 is 0 Å². The molecule has 0 aliphatic heterocycles. The summed E-state index contributed by atoms with van der Waals surface area (Å²) in [6.45, 7) is -3.93. The van der Waals surface area contributed by atoms with Crippen molar-refractivity contribution in [1.29, 1.82) is 0 Å². The van der Waals surface area contributed by atoms with Crippen LogP contribution in [0.5, 0.6) is 11.5 Å². The number of benzene rings is 2. The van der Waals surface area contributed by atoms with Crippen LogP contribution in [0, 0.1) is 10.1 Å². The van der Waals surface area contributed by atoms with Crippen molar-refractivity contribution in [3.05, 3.63) is 62.7 Å². The molecule has 0 saturated carbocycles. The lowest BCUT2D eigenvalue weighted by Gasteiger charge is -2.12. The maximum Gasteiger partial charge on any atom is 0.387 e. The van der Waals surface area contributed by atoms with E-state index in [1.165, 1.54) is 0 Å². The number of hydrogen-bond acceptors (Lipinski definition) is 7. The highest BCUT2D eigenvalue weighted by molar-refractivity contribution is 6.31. The Morgan fingerprint density at radius 2 is 1.93 bits per heavy atom. The summed E-state index contributed by atoms with van der Waals surface area (Å²) < 4.78 is 38.7. The number of nitrogens with one attached hydrogen (secondary N) is 1. The zero-order valence-corrected chi connectivity index (χ0v) is 16.2. The first kappa shape index (κ1) is 22.8. The number of nitrogens with zero attached hydrogens (tertiary/aromatic N) is 1. The number of alkyl halides is 2. The summed E-state index contributed by atoms with van der Waals surface area (Å²) in [5.41, 5.74) is -0.820. The Hall–Kier alpha value is -3.47. The van der Waals surface area contributed by atoms with Crippen molar-refractivity contribution < 1.29 is 37.5 Å². The van der Waals surface area contributed by atoms with E-state index in [1.54, 1.807) is 24.3 Å². The molecule has 0 aromatic heterocycles. The van der Waals surface area contributed by atoms with Crippen molar-refractivity contribution in [2.45, 2.75) is 13.2 Å². The van der Waals surface area contributed by atoms with E-state index in [2.05, 4.69) is 10.1 Å². The average Bonchev–Trinajstić information content (AvgIpc) is 2.70. The SMILES string of the molecule is COc1cc(C(=O)OCC(=O)NCc2ccccc2Cl)c([N+](=O)[O-])cc1OC(F)F. The van der Waals surface area contributed by atoms with Gasteiger partial charge in [0.2, 0.25) is 0 Å². The molecular weight excluding hydrogens is 430 g/mol. The maximum absolute atomic E-state index is 12.5. The van der Waals surface area contributed by atoms with Crippen LogP contribution < -0.4 is 14.8 Å². The number of hydrogen-bond donors (Lipinski definition) is 1. The van der Waals surface area contributed by atoms with Gasteiger partial charge in [0.1, 0.15) is 5.56 Å². The van der Waals surface area contributed by atoms with Crippen LogP contribution in [0.3, 0.4) is 0 Å². The molecular formula is C18H15ClF2N2O7. The van der Waals surface area contributed by atoms with Crippen molar-refractivity contribution in [3.8, 4) is 11.5 Å². The van der Waals surface area contributed by atoms with Crippen LogP contribution in [0.2, 0.25) is 5.02 Å². The smallest absolute Gasteiger partial charge is 0.387 e. The number of rotatable bonds is 9. The van der Waals surface area contributed by atoms with E-state index < -0.39 is 47.0 Å². The van der Waals surface area contributed by atoms with Crippen LogP contribution in [-0.2, 0) is 16.1 Å². The number of halogens is 3. The molecule has 0 atom stereocenters. The monoisotopic (exact) mass is 444 g/mol. The topological polar surface area (TPSA) is 117 Å². The summed E-state index contributed by atoms with van der Waals surface area (Å²) in [5.74, 6) is -2.89. The lowest BCUT2D eigenvalue weighted by atomic mass is 10.1. The van der Waals surface area contributed by atoms with Gasteiger partial charge in [-0.15, -0.1) is 0 Å². The Kier molecular flexibility index (Phi) is 7.87. The molecule has 30 heavy (non-hydrogen) atoms. The number of nitro benzene ring substituents is 1. The van der Waals surface area contributed by atoms with E-state index in [0.29, 0.717) is 16.7 Å². The fourth-order valence-electron chi connectivity index (χ4n) is 2.31. The second-order valence-corrected chi connectivity index (χ2v) is 6.01. The van der Waals surface area contributed by atoms with Crippen LogP contribution >= 0.6 is 11.6 Å². The van der Waals surface area contributed by atoms with E-state index in [1.807, 2.05) is 0 Å². The van der Waals surface area contributed by atoms with Crippen molar-refractivity contribution in [2.75, 3.05) is 13.7 Å². The van der Waals surface area contributed by atoms with E-state index in [9.17, 15) is 28.5 Å². The highest BCUT2D eigenvalue weighted by Gasteiger charge is 2.27. The molecule has 160 valence electrons. The van der Waals surface area contributed by atoms with Gasteiger partial charge in [0.15, 0.2) is 18.1 Å². The lowest BCUT2D eigenvalue weighted by Crippen LogP contribution is -2.28. The summed E-state index contributed by atoms with van der Waals surface area (Å²) in [4.78, 5) is 34.4. The van der Waals surface area contributed by atoms with Crippen molar-refractivity contribution in [1.82, 2.24) is 5.32 Å². The van der Waals surface area contributed by atoms with Crippen LogP contribution in [-0.4, -0.2) is 37.1 Å². The predicted molar refractivity (Wildman–Crippen MR) is 99.9 cm³/mol. The van der Waals surface area contributed by atoms with E-state index in [0.717, 1.165) is 13.2 Å². The van der Waals surface area contributed by atoms with Gasteiger partial charge in [-0.1, -0.05) is 29.8 Å². The van der Waals surface area contributed by atoms with Gasteiger partial charge in [-0.25, -0.2) is 4.79 Å². The molecule has 1 N–H and O–H groups in total. The number of nitro groups is 1. The number of ether oxygens (including phenoxy) is 3. The van der Waals surface area contributed by atoms with E-state index in [-0.39, 0.29) is 12.3 Å². The molecule has 2 rings (SSSR count). The van der Waals surface area contributed by atoms with Gasteiger partial charge >= 0.3 is 12.6 Å². The molecule has 0 fully saturated rings. The summed E-state index contributed by atoms with van der Waals surface area (Å²) in [7, 11) is 1.09. The highest BCUT2D eigenvalue weighted by atomic mass is 35.5. The molecule has 12 heteroatoms. The Labute approximate surface area is 173 Å². The number of amides is 1. The highest BCUT2D eigenvalue weighted by Crippen LogP contribution is 2.36. The third-order valence-corrected chi connectivity index (χ3v) is 4.05. The van der Waals surface area contributed by atoms with Crippen LogP contribution in [0.4, 0.5) is 14.5 Å². The maximum atomic E-state index is 12.5. The quantitative estimate of drug-likeness (QED) is 0.358. The molecule has 0 aliphatic carbocycles. The first-order valence-electron chi connectivity index (χ1n) is 8.21. The largest absolute Gasteiger partial charge is 0.493 e. The molecule has 0 spiro atoms. The number of esters is 1. The standard InChI is InChI=1S/C18H15ClF2N2O7/c1-28-14-6-11(13(23(26)27)7-15(14)30-18(20)21)17(25)29-9-16(24)22-8-10-4-2-3-5-12(10)19/h2-7,18H,8-9H2,1H3,(H,22,24).